The maximum Gasteiger partial charge on any atom is 0.243 e. The molecule has 2 aliphatic rings. The fraction of sp³-hybridized carbons (Fsp3) is 0.310. The highest BCUT2D eigenvalue weighted by atomic mass is 32.2. The lowest BCUT2D eigenvalue weighted by Crippen LogP contribution is -2.47. The Morgan fingerprint density at radius 2 is 1.70 bits per heavy atom. The van der Waals surface area contributed by atoms with Gasteiger partial charge < -0.3 is 4.74 Å². The minimum absolute atomic E-state index is 0.0957. The molecule has 2 aromatic carbocycles. The van der Waals surface area contributed by atoms with Crippen molar-refractivity contribution in [2.75, 3.05) is 45.6 Å². The van der Waals surface area contributed by atoms with Crippen LogP contribution in [-0.4, -0.2) is 63.9 Å². The van der Waals surface area contributed by atoms with Crippen LogP contribution >= 0.6 is 0 Å². The highest BCUT2D eigenvalue weighted by Gasteiger charge is 2.23. The SMILES string of the molecule is C=CC1=C(/C=C(\C)[N+](=O)[O-])C(=C)c2ccccc21.Cc1ccccc1OCCN1CCN(S(C)=O)CC1. The molecular formula is C29H35N3O4S. The molecule has 1 saturated heterocycles. The summed E-state index contributed by atoms with van der Waals surface area (Å²) in [5.74, 6) is 0.968. The monoisotopic (exact) mass is 521 g/mol. The number of piperazine rings is 1. The molecule has 0 radical (unpaired) electrons. The molecule has 0 aromatic heterocycles. The zero-order valence-corrected chi connectivity index (χ0v) is 22.6. The van der Waals surface area contributed by atoms with Crippen LogP contribution in [0, 0.1) is 17.0 Å². The number of para-hydroxylation sites is 1. The lowest BCUT2D eigenvalue weighted by molar-refractivity contribution is -0.424. The van der Waals surface area contributed by atoms with Gasteiger partial charge in [-0.25, -0.2) is 8.51 Å². The summed E-state index contributed by atoms with van der Waals surface area (Å²) in [6.07, 6.45) is 5.02. The Morgan fingerprint density at radius 1 is 1.08 bits per heavy atom. The van der Waals surface area contributed by atoms with Crippen molar-refractivity contribution in [3.63, 3.8) is 0 Å². The predicted molar refractivity (Wildman–Crippen MR) is 152 cm³/mol. The largest absolute Gasteiger partial charge is 0.492 e. The van der Waals surface area contributed by atoms with Crippen LogP contribution in [0.1, 0.15) is 23.6 Å². The van der Waals surface area contributed by atoms with Gasteiger partial charge in [-0.15, -0.1) is 0 Å². The number of aryl methyl sites for hydroxylation is 1. The first-order valence-corrected chi connectivity index (χ1v) is 13.7. The Bertz CT molecular complexity index is 1240. The Hall–Kier alpha value is -3.33. The molecule has 0 amide bonds. The molecule has 0 spiro atoms. The van der Waals surface area contributed by atoms with Crippen LogP contribution in [0.5, 0.6) is 5.75 Å². The van der Waals surface area contributed by atoms with Crippen molar-refractivity contribution in [1.82, 2.24) is 9.21 Å². The molecule has 1 atom stereocenters. The second kappa shape index (κ2) is 13.3. The number of hydrogen-bond donors (Lipinski definition) is 0. The van der Waals surface area contributed by atoms with Crippen molar-refractivity contribution < 1.29 is 13.9 Å². The summed E-state index contributed by atoms with van der Waals surface area (Å²) in [7, 11) is -0.830. The van der Waals surface area contributed by atoms with E-state index in [0.717, 1.165) is 66.3 Å². The van der Waals surface area contributed by atoms with Gasteiger partial charge in [0.15, 0.2) is 0 Å². The van der Waals surface area contributed by atoms with Crippen molar-refractivity contribution in [2.24, 2.45) is 0 Å². The van der Waals surface area contributed by atoms with E-state index in [1.54, 1.807) is 18.4 Å². The van der Waals surface area contributed by atoms with E-state index in [0.29, 0.717) is 6.61 Å². The topological polar surface area (TPSA) is 75.9 Å². The van der Waals surface area contributed by atoms with Gasteiger partial charge in [0.25, 0.3) is 0 Å². The van der Waals surface area contributed by atoms with Crippen LogP contribution in [-0.2, 0) is 11.0 Å². The molecule has 8 heteroatoms. The normalized spacial score (nSPS) is 17.1. The lowest BCUT2D eigenvalue weighted by Gasteiger charge is -2.32. The van der Waals surface area contributed by atoms with Crippen molar-refractivity contribution in [3.8, 4) is 5.75 Å². The minimum atomic E-state index is -0.830. The molecular weight excluding hydrogens is 486 g/mol. The minimum Gasteiger partial charge on any atom is -0.492 e. The van der Waals surface area contributed by atoms with E-state index in [1.807, 2.05) is 46.8 Å². The van der Waals surface area contributed by atoms with E-state index in [1.165, 1.54) is 12.5 Å². The van der Waals surface area contributed by atoms with Gasteiger partial charge in [0.05, 0.1) is 15.9 Å². The zero-order chi connectivity index (χ0) is 26.9. The molecule has 0 bridgehead atoms. The summed E-state index contributed by atoms with van der Waals surface area (Å²) in [6, 6.07) is 15.9. The molecule has 1 aliphatic carbocycles. The van der Waals surface area contributed by atoms with E-state index < -0.39 is 15.9 Å². The Balaban J connectivity index is 0.000000206. The fourth-order valence-electron chi connectivity index (χ4n) is 4.29. The molecule has 0 saturated carbocycles. The van der Waals surface area contributed by atoms with Crippen molar-refractivity contribution >= 4 is 22.1 Å². The van der Waals surface area contributed by atoms with Gasteiger partial charge in [0.1, 0.15) is 12.4 Å². The summed E-state index contributed by atoms with van der Waals surface area (Å²) in [5.41, 5.74) is 5.79. The molecule has 1 fully saturated rings. The van der Waals surface area contributed by atoms with Crippen LogP contribution in [0.25, 0.3) is 11.1 Å². The number of hydrogen-bond acceptors (Lipinski definition) is 5. The standard InChI is InChI=1S/C15H13NO2.C14H22N2O2S/c1-4-12-14-8-6-5-7-13(14)11(3)15(12)9-10(2)16(17)18;1-13-5-3-4-6-14(13)18-12-11-15-7-9-16(10-8-15)19(2)17/h4-9H,1,3H2,2H3;3-6H,7-12H2,1-2H3/b10-9+;. The zero-order valence-electron chi connectivity index (χ0n) is 21.8. The smallest absolute Gasteiger partial charge is 0.243 e. The number of fused-ring (bicyclic) bond motifs is 1. The highest BCUT2D eigenvalue weighted by molar-refractivity contribution is 7.81. The third-order valence-electron chi connectivity index (χ3n) is 6.46. The number of allylic oxidation sites excluding steroid dienone is 6. The summed E-state index contributed by atoms with van der Waals surface area (Å²) in [6.45, 7) is 16.7. The maximum atomic E-state index is 11.3. The van der Waals surface area contributed by atoms with Crippen molar-refractivity contribution in [2.45, 2.75) is 13.8 Å². The van der Waals surface area contributed by atoms with Gasteiger partial charge in [0, 0.05) is 52.0 Å². The van der Waals surface area contributed by atoms with Crippen LogP contribution in [0.3, 0.4) is 0 Å². The molecule has 0 N–H and O–H groups in total. The predicted octanol–water partition coefficient (Wildman–Crippen LogP) is 5.12. The van der Waals surface area contributed by atoms with Crippen LogP contribution in [0.4, 0.5) is 0 Å². The molecule has 37 heavy (non-hydrogen) atoms. The van der Waals surface area contributed by atoms with E-state index in [2.05, 4.69) is 31.0 Å². The van der Waals surface area contributed by atoms with E-state index in [4.69, 9.17) is 4.74 Å². The summed E-state index contributed by atoms with van der Waals surface area (Å²) < 4.78 is 19.1. The van der Waals surface area contributed by atoms with Crippen molar-refractivity contribution in [1.29, 1.82) is 0 Å². The van der Waals surface area contributed by atoms with E-state index in [9.17, 15) is 14.3 Å². The Labute approximate surface area is 222 Å². The first kappa shape index (κ1) is 28.2. The number of ether oxygens (including phenoxy) is 1. The molecule has 196 valence electrons. The van der Waals surface area contributed by atoms with Crippen LogP contribution in [0.2, 0.25) is 0 Å². The number of benzene rings is 2. The van der Waals surface area contributed by atoms with Gasteiger partial charge in [0.2, 0.25) is 5.70 Å². The maximum absolute atomic E-state index is 11.3. The number of nitrogens with zero attached hydrogens (tertiary/aromatic N) is 3. The van der Waals surface area contributed by atoms with E-state index in [-0.39, 0.29) is 5.70 Å². The third kappa shape index (κ3) is 7.35. The van der Waals surface area contributed by atoms with Gasteiger partial charge in [-0.2, -0.15) is 0 Å². The molecule has 2 aromatic rings. The van der Waals surface area contributed by atoms with E-state index >= 15 is 0 Å². The second-order valence-corrected chi connectivity index (χ2v) is 10.3. The average Bonchev–Trinajstić information content (AvgIpc) is 3.16. The first-order valence-electron chi connectivity index (χ1n) is 12.2. The lowest BCUT2D eigenvalue weighted by atomic mass is 10.0. The summed E-state index contributed by atoms with van der Waals surface area (Å²) >= 11 is 0. The van der Waals surface area contributed by atoms with Crippen LogP contribution < -0.4 is 4.74 Å². The quantitative estimate of drug-likeness (QED) is 0.356. The highest BCUT2D eigenvalue weighted by Crippen LogP contribution is 2.41. The first-order chi connectivity index (χ1) is 17.7. The summed E-state index contributed by atoms with van der Waals surface area (Å²) in [5, 5.41) is 10.7. The molecule has 4 rings (SSSR count). The Kier molecular flexibility index (Phi) is 10.1. The fourth-order valence-corrected chi connectivity index (χ4v) is 4.97. The van der Waals surface area contributed by atoms with Crippen molar-refractivity contribution in [3.05, 3.63) is 112 Å². The Morgan fingerprint density at radius 3 is 2.30 bits per heavy atom. The molecule has 7 nitrogen and oxygen atoms in total. The second-order valence-electron chi connectivity index (χ2n) is 8.91. The van der Waals surface area contributed by atoms with Gasteiger partial charge in [-0.3, -0.25) is 15.0 Å². The molecule has 1 unspecified atom stereocenters. The number of rotatable bonds is 8. The van der Waals surface area contributed by atoms with Gasteiger partial charge in [-0.1, -0.05) is 61.7 Å². The molecule has 1 aliphatic heterocycles. The van der Waals surface area contributed by atoms with Gasteiger partial charge in [-0.05, 0) is 46.4 Å². The third-order valence-corrected chi connectivity index (χ3v) is 7.55. The van der Waals surface area contributed by atoms with Crippen LogP contribution in [0.15, 0.2) is 85.1 Å². The number of nitro groups is 1. The summed E-state index contributed by atoms with van der Waals surface area (Å²) in [4.78, 5) is 12.7. The van der Waals surface area contributed by atoms with Gasteiger partial charge >= 0.3 is 0 Å². The molecule has 1 heterocycles. The average molecular weight is 522 g/mol.